The van der Waals surface area contributed by atoms with Crippen molar-refractivity contribution in [3.63, 3.8) is 0 Å². The van der Waals surface area contributed by atoms with Crippen LogP contribution in [0.2, 0.25) is 0 Å². The molecule has 20 heavy (non-hydrogen) atoms. The van der Waals surface area contributed by atoms with Gasteiger partial charge in [-0.3, -0.25) is 0 Å². The van der Waals surface area contributed by atoms with Gasteiger partial charge in [-0.2, -0.15) is 0 Å². The summed E-state index contributed by atoms with van der Waals surface area (Å²) in [7, 11) is 1.28. The standard InChI is InChI=1S/C16H25NO3/c1-11(2)14(13-9-7-6-8-12(13)3)17-10-16(4,19)15(18)20-5/h6-9,11,14,17,19H,10H2,1-5H3/t14-,16+/m1/s1. The van der Waals surface area contributed by atoms with E-state index in [0.29, 0.717) is 5.92 Å². The van der Waals surface area contributed by atoms with Crippen molar-refractivity contribution in [3.8, 4) is 0 Å². The summed E-state index contributed by atoms with van der Waals surface area (Å²) in [5.74, 6) is -0.290. The molecule has 4 heteroatoms. The Morgan fingerprint density at radius 2 is 2.00 bits per heavy atom. The Labute approximate surface area is 121 Å². The van der Waals surface area contributed by atoms with E-state index in [9.17, 15) is 9.90 Å². The lowest BCUT2D eigenvalue weighted by Crippen LogP contribution is -2.47. The maximum atomic E-state index is 11.5. The first-order chi connectivity index (χ1) is 9.29. The Morgan fingerprint density at radius 3 is 2.50 bits per heavy atom. The zero-order chi connectivity index (χ0) is 15.3. The molecule has 1 rings (SSSR count). The second kappa shape index (κ2) is 6.86. The minimum atomic E-state index is -1.52. The topological polar surface area (TPSA) is 58.6 Å². The number of carbonyl (C=O) groups is 1. The fourth-order valence-corrected chi connectivity index (χ4v) is 2.24. The van der Waals surface area contributed by atoms with E-state index in [1.54, 1.807) is 0 Å². The van der Waals surface area contributed by atoms with Crippen LogP contribution in [-0.2, 0) is 9.53 Å². The lowest BCUT2D eigenvalue weighted by Gasteiger charge is -2.28. The predicted octanol–water partition coefficient (Wildman–Crippen LogP) is 2.21. The molecule has 4 nitrogen and oxygen atoms in total. The van der Waals surface area contributed by atoms with Crippen LogP contribution in [0.5, 0.6) is 0 Å². The predicted molar refractivity (Wildman–Crippen MR) is 79.4 cm³/mol. The van der Waals surface area contributed by atoms with Gasteiger partial charge < -0.3 is 15.2 Å². The van der Waals surface area contributed by atoms with Gasteiger partial charge in [0.25, 0.3) is 0 Å². The van der Waals surface area contributed by atoms with Crippen LogP contribution in [0.1, 0.15) is 37.9 Å². The minimum absolute atomic E-state index is 0.0762. The highest BCUT2D eigenvalue weighted by atomic mass is 16.5. The van der Waals surface area contributed by atoms with Crippen molar-refractivity contribution in [2.45, 2.75) is 39.3 Å². The zero-order valence-electron chi connectivity index (χ0n) is 12.9. The van der Waals surface area contributed by atoms with Gasteiger partial charge in [0.05, 0.1) is 7.11 Å². The van der Waals surface area contributed by atoms with Crippen molar-refractivity contribution in [2.24, 2.45) is 5.92 Å². The van der Waals surface area contributed by atoms with E-state index in [4.69, 9.17) is 0 Å². The maximum Gasteiger partial charge on any atom is 0.338 e. The highest BCUT2D eigenvalue weighted by molar-refractivity contribution is 5.78. The number of esters is 1. The van der Waals surface area contributed by atoms with E-state index in [2.05, 4.69) is 43.0 Å². The molecule has 0 bridgehead atoms. The molecular formula is C16H25NO3. The molecule has 0 fully saturated rings. The number of hydrogen-bond acceptors (Lipinski definition) is 4. The van der Waals surface area contributed by atoms with Gasteiger partial charge in [0, 0.05) is 12.6 Å². The summed E-state index contributed by atoms with van der Waals surface area (Å²) in [5, 5.41) is 13.4. The fraction of sp³-hybridized carbons (Fsp3) is 0.562. The normalized spacial score (nSPS) is 15.8. The van der Waals surface area contributed by atoms with Crippen LogP contribution in [0.4, 0.5) is 0 Å². The quantitative estimate of drug-likeness (QED) is 0.784. The van der Waals surface area contributed by atoms with Gasteiger partial charge in [0.2, 0.25) is 0 Å². The van der Waals surface area contributed by atoms with Gasteiger partial charge in [0.15, 0.2) is 5.60 Å². The molecule has 0 heterocycles. The number of carbonyl (C=O) groups excluding carboxylic acids is 1. The van der Waals surface area contributed by atoms with E-state index in [-0.39, 0.29) is 12.6 Å². The van der Waals surface area contributed by atoms with Crippen molar-refractivity contribution >= 4 is 5.97 Å². The number of ether oxygens (including phenoxy) is 1. The van der Waals surface area contributed by atoms with E-state index in [1.165, 1.54) is 25.2 Å². The number of rotatable bonds is 6. The first kappa shape index (κ1) is 16.7. The van der Waals surface area contributed by atoms with Crippen molar-refractivity contribution in [1.82, 2.24) is 5.32 Å². The number of hydrogen-bond donors (Lipinski definition) is 2. The summed E-state index contributed by atoms with van der Waals surface area (Å²) < 4.78 is 4.61. The molecule has 2 atom stereocenters. The molecule has 0 aliphatic carbocycles. The summed E-state index contributed by atoms with van der Waals surface area (Å²) in [6, 6.07) is 8.20. The van der Waals surface area contributed by atoms with Crippen molar-refractivity contribution < 1.29 is 14.6 Å². The minimum Gasteiger partial charge on any atom is -0.467 e. The molecule has 0 saturated carbocycles. The van der Waals surface area contributed by atoms with E-state index in [1.807, 2.05) is 12.1 Å². The molecular weight excluding hydrogens is 254 g/mol. The summed E-state index contributed by atoms with van der Waals surface area (Å²) >= 11 is 0. The van der Waals surface area contributed by atoms with Crippen LogP contribution >= 0.6 is 0 Å². The molecule has 0 aliphatic heterocycles. The molecule has 0 aromatic heterocycles. The summed E-state index contributed by atoms with van der Waals surface area (Å²) in [6.45, 7) is 7.89. The SMILES string of the molecule is COC(=O)[C@@](C)(O)CN[C@@H](c1ccccc1C)C(C)C. The summed E-state index contributed by atoms with van der Waals surface area (Å²) in [5.41, 5.74) is 0.851. The molecule has 2 N–H and O–H groups in total. The highest BCUT2D eigenvalue weighted by Crippen LogP contribution is 2.25. The smallest absolute Gasteiger partial charge is 0.338 e. The first-order valence-electron chi connectivity index (χ1n) is 6.89. The average Bonchev–Trinajstić information content (AvgIpc) is 2.39. The van der Waals surface area contributed by atoms with E-state index >= 15 is 0 Å². The monoisotopic (exact) mass is 279 g/mol. The van der Waals surface area contributed by atoms with Crippen LogP contribution in [0.15, 0.2) is 24.3 Å². The molecule has 0 unspecified atom stereocenters. The Balaban J connectivity index is 2.85. The average molecular weight is 279 g/mol. The van der Waals surface area contributed by atoms with E-state index < -0.39 is 11.6 Å². The van der Waals surface area contributed by atoms with Crippen LogP contribution < -0.4 is 5.32 Å². The van der Waals surface area contributed by atoms with Crippen LogP contribution in [0, 0.1) is 12.8 Å². The van der Waals surface area contributed by atoms with Crippen molar-refractivity contribution in [3.05, 3.63) is 35.4 Å². The third-order valence-electron chi connectivity index (χ3n) is 3.48. The molecule has 0 saturated heterocycles. The van der Waals surface area contributed by atoms with Crippen molar-refractivity contribution in [2.75, 3.05) is 13.7 Å². The number of benzene rings is 1. The number of aryl methyl sites for hydroxylation is 1. The molecule has 0 amide bonds. The Morgan fingerprint density at radius 1 is 1.40 bits per heavy atom. The molecule has 0 radical (unpaired) electrons. The van der Waals surface area contributed by atoms with Crippen molar-refractivity contribution in [1.29, 1.82) is 0 Å². The molecule has 0 aliphatic rings. The Kier molecular flexibility index (Phi) is 5.72. The summed E-state index contributed by atoms with van der Waals surface area (Å²) in [6.07, 6.45) is 0. The van der Waals surface area contributed by atoms with Gasteiger partial charge >= 0.3 is 5.97 Å². The van der Waals surface area contributed by atoms with Gasteiger partial charge in [-0.25, -0.2) is 4.79 Å². The van der Waals surface area contributed by atoms with Crippen LogP contribution in [-0.4, -0.2) is 30.3 Å². The number of nitrogens with one attached hydrogen (secondary N) is 1. The molecule has 1 aromatic rings. The number of methoxy groups -OCH3 is 1. The summed E-state index contributed by atoms with van der Waals surface area (Å²) in [4.78, 5) is 11.5. The van der Waals surface area contributed by atoms with Gasteiger partial charge in [-0.1, -0.05) is 38.1 Å². The largest absolute Gasteiger partial charge is 0.467 e. The highest BCUT2D eigenvalue weighted by Gasteiger charge is 2.32. The van der Waals surface area contributed by atoms with Gasteiger partial charge in [0.1, 0.15) is 0 Å². The van der Waals surface area contributed by atoms with Gasteiger partial charge in [-0.05, 0) is 30.9 Å². The van der Waals surface area contributed by atoms with Crippen LogP contribution in [0.3, 0.4) is 0 Å². The zero-order valence-corrected chi connectivity index (χ0v) is 12.9. The lowest BCUT2D eigenvalue weighted by molar-refractivity contribution is -0.160. The molecule has 0 spiro atoms. The third-order valence-corrected chi connectivity index (χ3v) is 3.48. The van der Waals surface area contributed by atoms with Crippen LogP contribution in [0.25, 0.3) is 0 Å². The Bertz CT molecular complexity index is 455. The second-order valence-electron chi connectivity index (χ2n) is 5.72. The third kappa shape index (κ3) is 4.05. The van der Waals surface area contributed by atoms with E-state index in [0.717, 1.165) is 0 Å². The first-order valence-corrected chi connectivity index (χ1v) is 6.89. The molecule has 1 aromatic carbocycles. The lowest BCUT2D eigenvalue weighted by atomic mass is 9.92. The second-order valence-corrected chi connectivity index (χ2v) is 5.72. The number of aliphatic hydroxyl groups is 1. The fourth-order valence-electron chi connectivity index (χ4n) is 2.24. The van der Waals surface area contributed by atoms with Gasteiger partial charge in [-0.15, -0.1) is 0 Å². The maximum absolute atomic E-state index is 11.5. The molecule has 112 valence electrons. The Hall–Kier alpha value is -1.39.